The molecule has 2 aromatic rings. The number of allylic oxidation sites excluding steroid dienone is 6. The average molecular weight is 319 g/mol. The predicted molar refractivity (Wildman–Crippen MR) is 102 cm³/mol. The van der Waals surface area contributed by atoms with Crippen molar-refractivity contribution in [2.45, 2.75) is 40.0 Å². The molecule has 24 heavy (non-hydrogen) atoms. The van der Waals surface area contributed by atoms with Gasteiger partial charge in [0.25, 0.3) is 0 Å². The zero-order valence-electron chi connectivity index (χ0n) is 15.1. The summed E-state index contributed by atoms with van der Waals surface area (Å²) in [6, 6.07) is 10.0. The third-order valence-electron chi connectivity index (χ3n) is 3.41. The molecule has 0 saturated carbocycles. The van der Waals surface area contributed by atoms with Crippen molar-refractivity contribution in [2.75, 3.05) is 0 Å². The van der Waals surface area contributed by atoms with Crippen molar-refractivity contribution >= 4 is 5.57 Å². The van der Waals surface area contributed by atoms with E-state index < -0.39 is 0 Å². The summed E-state index contributed by atoms with van der Waals surface area (Å²) in [4.78, 5) is 14.1. The highest BCUT2D eigenvalue weighted by atomic mass is 15.0. The Morgan fingerprint density at radius 1 is 0.917 bits per heavy atom. The number of benzene rings is 1. The van der Waals surface area contributed by atoms with Crippen molar-refractivity contribution in [3.63, 3.8) is 0 Å². The molecule has 0 spiro atoms. The van der Waals surface area contributed by atoms with E-state index in [0.29, 0.717) is 11.6 Å². The molecule has 0 amide bonds. The molecule has 0 unspecified atom stereocenters. The highest BCUT2D eigenvalue weighted by Crippen LogP contribution is 2.24. The molecule has 0 aliphatic heterocycles. The molecule has 1 aromatic carbocycles. The molecule has 3 nitrogen and oxygen atoms in total. The van der Waals surface area contributed by atoms with Crippen LogP contribution in [0.3, 0.4) is 0 Å². The van der Waals surface area contributed by atoms with Gasteiger partial charge in [-0.2, -0.15) is 0 Å². The summed E-state index contributed by atoms with van der Waals surface area (Å²) >= 11 is 0. The zero-order chi connectivity index (χ0) is 17.6. The minimum Gasteiger partial charge on any atom is -0.212 e. The Bertz CT molecular complexity index is 763. The summed E-state index contributed by atoms with van der Waals surface area (Å²) in [5.41, 5.74) is 1.82. The van der Waals surface area contributed by atoms with Crippen LogP contribution < -0.4 is 0 Å². The average Bonchev–Trinajstić information content (AvgIpc) is 2.58. The molecule has 0 bridgehead atoms. The highest BCUT2D eigenvalue weighted by molar-refractivity contribution is 5.72. The van der Waals surface area contributed by atoms with Crippen LogP contribution in [0, 0.1) is 0 Å². The normalized spacial score (nSPS) is 13.1. The fourth-order valence-electron chi connectivity index (χ4n) is 2.14. The molecule has 0 radical (unpaired) electrons. The maximum absolute atomic E-state index is 4.73. The van der Waals surface area contributed by atoms with Crippen LogP contribution in [0.15, 0.2) is 60.7 Å². The minimum absolute atomic E-state index is 0.150. The van der Waals surface area contributed by atoms with Crippen molar-refractivity contribution in [3.05, 3.63) is 72.4 Å². The second kappa shape index (κ2) is 7.82. The van der Waals surface area contributed by atoms with Gasteiger partial charge >= 0.3 is 0 Å². The van der Waals surface area contributed by atoms with Crippen LogP contribution in [0.2, 0.25) is 0 Å². The summed E-state index contributed by atoms with van der Waals surface area (Å²) < 4.78 is 0. The Kier molecular flexibility index (Phi) is 5.80. The van der Waals surface area contributed by atoms with E-state index in [2.05, 4.69) is 20.8 Å². The fourth-order valence-corrected chi connectivity index (χ4v) is 2.14. The van der Waals surface area contributed by atoms with E-state index in [9.17, 15) is 0 Å². The molecule has 1 aromatic heterocycles. The van der Waals surface area contributed by atoms with Crippen molar-refractivity contribution in [2.24, 2.45) is 0 Å². The van der Waals surface area contributed by atoms with Gasteiger partial charge in [-0.15, -0.1) is 0 Å². The third kappa shape index (κ3) is 4.48. The van der Waals surface area contributed by atoms with Gasteiger partial charge in [0.15, 0.2) is 11.6 Å². The molecule has 1 heterocycles. The molecule has 0 N–H and O–H groups in total. The van der Waals surface area contributed by atoms with E-state index in [1.807, 2.05) is 74.6 Å². The molecule has 0 saturated heterocycles. The number of rotatable bonds is 4. The predicted octanol–water partition coefficient (Wildman–Crippen LogP) is 5.37. The lowest BCUT2D eigenvalue weighted by molar-refractivity contribution is 0.541. The summed E-state index contributed by atoms with van der Waals surface area (Å²) in [7, 11) is 0. The second-order valence-corrected chi connectivity index (χ2v) is 6.57. The van der Waals surface area contributed by atoms with E-state index in [0.717, 1.165) is 17.0 Å². The van der Waals surface area contributed by atoms with Crippen LogP contribution in [-0.4, -0.2) is 15.0 Å². The van der Waals surface area contributed by atoms with Gasteiger partial charge < -0.3 is 0 Å². The molecule has 124 valence electrons. The van der Waals surface area contributed by atoms with Crippen molar-refractivity contribution in [1.82, 2.24) is 15.0 Å². The van der Waals surface area contributed by atoms with E-state index >= 15 is 0 Å². The maximum atomic E-state index is 4.73. The molecule has 0 aliphatic carbocycles. The number of hydrogen-bond acceptors (Lipinski definition) is 3. The lowest BCUT2D eigenvalue weighted by Gasteiger charge is -2.18. The Hall–Kier alpha value is -2.55. The van der Waals surface area contributed by atoms with E-state index in [-0.39, 0.29) is 5.41 Å². The lowest BCUT2D eigenvalue weighted by atomic mass is 9.95. The van der Waals surface area contributed by atoms with Crippen LogP contribution in [0.4, 0.5) is 0 Å². The molecule has 0 aliphatic rings. The molecule has 0 atom stereocenters. The van der Waals surface area contributed by atoms with E-state index in [4.69, 9.17) is 15.0 Å². The van der Waals surface area contributed by atoms with Gasteiger partial charge in [-0.25, -0.2) is 15.0 Å². The lowest BCUT2D eigenvalue weighted by Crippen LogP contribution is -2.18. The van der Waals surface area contributed by atoms with Gasteiger partial charge in [0, 0.05) is 16.6 Å². The second-order valence-electron chi connectivity index (χ2n) is 6.57. The van der Waals surface area contributed by atoms with Crippen LogP contribution in [0.1, 0.15) is 46.3 Å². The fraction of sp³-hybridized carbons (Fsp3) is 0.286. The minimum atomic E-state index is -0.150. The maximum Gasteiger partial charge on any atom is 0.163 e. The largest absolute Gasteiger partial charge is 0.212 e. The number of aromatic nitrogens is 3. The van der Waals surface area contributed by atoms with Crippen molar-refractivity contribution < 1.29 is 0 Å². The van der Waals surface area contributed by atoms with Crippen LogP contribution >= 0.6 is 0 Å². The first-order valence-corrected chi connectivity index (χ1v) is 8.23. The first-order valence-electron chi connectivity index (χ1n) is 8.23. The highest BCUT2D eigenvalue weighted by Gasteiger charge is 2.21. The van der Waals surface area contributed by atoms with Gasteiger partial charge in [-0.05, 0) is 13.8 Å². The Balaban J connectivity index is 2.67. The van der Waals surface area contributed by atoms with Crippen molar-refractivity contribution in [3.8, 4) is 11.4 Å². The SMILES string of the molecule is C\C=C/C=C(\C=C/C)c1nc(-c2ccccc2)nc(C(C)(C)C)n1. The van der Waals surface area contributed by atoms with Crippen molar-refractivity contribution in [1.29, 1.82) is 0 Å². The van der Waals surface area contributed by atoms with Gasteiger partial charge in [0.2, 0.25) is 0 Å². The van der Waals surface area contributed by atoms with E-state index in [1.165, 1.54) is 0 Å². The Morgan fingerprint density at radius 2 is 1.62 bits per heavy atom. The van der Waals surface area contributed by atoms with Crippen LogP contribution in [-0.2, 0) is 5.41 Å². The van der Waals surface area contributed by atoms with Crippen LogP contribution in [0.25, 0.3) is 17.0 Å². The first kappa shape index (κ1) is 17.8. The topological polar surface area (TPSA) is 38.7 Å². The quantitative estimate of drug-likeness (QED) is 0.711. The van der Waals surface area contributed by atoms with Crippen LogP contribution in [0.5, 0.6) is 0 Å². The summed E-state index contributed by atoms with van der Waals surface area (Å²) in [6.07, 6.45) is 10.0. The Morgan fingerprint density at radius 3 is 2.21 bits per heavy atom. The summed E-state index contributed by atoms with van der Waals surface area (Å²) in [5.74, 6) is 2.20. The summed E-state index contributed by atoms with van der Waals surface area (Å²) in [6.45, 7) is 10.3. The standard InChI is InChI=1S/C21H25N3/c1-6-8-13-16(12-7-2)18-22-19(17-14-10-9-11-15-17)24-20(23-18)21(3,4)5/h6-15H,1-5H3/b8-6-,12-7-,16-13+. The third-order valence-corrected chi connectivity index (χ3v) is 3.41. The molecular weight excluding hydrogens is 294 g/mol. The van der Waals surface area contributed by atoms with Gasteiger partial charge in [0.1, 0.15) is 5.82 Å². The molecular formula is C21H25N3. The molecule has 2 rings (SSSR count). The monoisotopic (exact) mass is 319 g/mol. The number of hydrogen-bond donors (Lipinski definition) is 0. The van der Waals surface area contributed by atoms with Gasteiger partial charge in [-0.3, -0.25) is 0 Å². The smallest absolute Gasteiger partial charge is 0.163 e. The number of nitrogens with zero attached hydrogens (tertiary/aromatic N) is 3. The molecule has 3 heteroatoms. The molecule has 0 fully saturated rings. The van der Waals surface area contributed by atoms with Gasteiger partial charge in [-0.1, -0.05) is 81.5 Å². The van der Waals surface area contributed by atoms with Gasteiger partial charge in [0.05, 0.1) is 0 Å². The summed E-state index contributed by atoms with van der Waals surface area (Å²) in [5, 5.41) is 0. The Labute approximate surface area is 144 Å². The first-order chi connectivity index (χ1) is 11.5. The van der Waals surface area contributed by atoms with E-state index in [1.54, 1.807) is 0 Å². The zero-order valence-corrected chi connectivity index (χ0v) is 15.1.